The van der Waals surface area contributed by atoms with Crippen LogP contribution in [0.1, 0.15) is 95.7 Å². The van der Waals surface area contributed by atoms with E-state index in [0.29, 0.717) is 55.0 Å². The highest BCUT2D eigenvalue weighted by Crippen LogP contribution is 2.28. The van der Waals surface area contributed by atoms with Crippen LogP contribution in [0.5, 0.6) is 0 Å². The first kappa shape index (κ1) is 46.5. The molecular formula is C46H54N10O8. The predicted molar refractivity (Wildman–Crippen MR) is 235 cm³/mol. The van der Waals surface area contributed by atoms with Crippen LogP contribution in [0.3, 0.4) is 0 Å². The van der Waals surface area contributed by atoms with Crippen molar-refractivity contribution in [2.24, 2.45) is 11.5 Å². The molecule has 7 N–H and O–H groups in total. The average molecular weight is 875 g/mol. The molecule has 4 aliphatic rings. The number of ether oxygens (including phenoxy) is 1. The van der Waals surface area contributed by atoms with E-state index in [2.05, 4.69) is 39.2 Å². The molecule has 0 spiro atoms. The quantitative estimate of drug-likeness (QED) is 0.184. The van der Waals surface area contributed by atoms with Crippen molar-refractivity contribution >= 4 is 29.7 Å². The van der Waals surface area contributed by atoms with E-state index in [1.54, 1.807) is 68.5 Å². The van der Waals surface area contributed by atoms with Crippen LogP contribution in [-0.2, 0) is 40.3 Å². The van der Waals surface area contributed by atoms with Gasteiger partial charge in [-0.3, -0.25) is 19.2 Å². The molecule has 64 heavy (non-hydrogen) atoms. The summed E-state index contributed by atoms with van der Waals surface area (Å²) in [6.07, 6.45) is 1.25. The van der Waals surface area contributed by atoms with Crippen LogP contribution in [0.2, 0.25) is 0 Å². The first-order valence-corrected chi connectivity index (χ1v) is 20.5. The Morgan fingerprint density at radius 2 is 1.25 bits per heavy atom. The number of hydrogen-bond donors (Lipinski definition) is 5. The van der Waals surface area contributed by atoms with E-state index in [9.17, 15) is 34.2 Å². The summed E-state index contributed by atoms with van der Waals surface area (Å²) in [6.45, 7) is 8.20. The molecular weight excluding hydrogens is 821 g/mol. The minimum atomic E-state index is -1.69. The van der Waals surface area contributed by atoms with Gasteiger partial charge >= 0.3 is 6.09 Å². The van der Waals surface area contributed by atoms with Crippen molar-refractivity contribution in [1.82, 2.24) is 39.6 Å². The lowest BCUT2D eigenvalue weighted by Crippen LogP contribution is -2.40. The molecule has 0 bridgehead atoms. The first-order chi connectivity index (χ1) is 29.8. The van der Waals surface area contributed by atoms with Crippen LogP contribution in [0.15, 0.2) is 48.5 Å². The monoisotopic (exact) mass is 874 g/mol. The summed E-state index contributed by atoms with van der Waals surface area (Å²) in [5, 5.41) is 33.1. The molecule has 2 aromatic carbocycles. The summed E-state index contributed by atoms with van der Waals surface area (Å²) < 4.78 is 8.83. The number of carbonyl (C=O) groups excluding carboxylic acids is 5. The van der Waals surface area contributed by atoms with Crippen LogP contribution in [-0.4, -0.2) is 131 Å². The van der Waals surface area contributed by atoms with Crippen LogP contribution < -0.4 is 16.8 Å². The number of rotatable bonds is 4. The number of carbonyl (C=O) groups is 5. The smallest absolute Gasteiger partial charge is 0.410 e. The lowest BCUT2D eigenvalue weighted by Gasteiger charge is -2.30. The zero-order valence-corrected chi connectivity index (χ0v) is 35.8. The van der Waals surface area contributed by atoms with Crippen LogP contribution in [0, 0.1) is 23.7 Å². The number of nitrogens with zero attached hydrogens (tertiary/aromatic N) is 7. The van der Waals surface area contributed by atoms with Gasteiger partial charge in [0.2, 0.25) is 11.2 Å². The molecule has 4 aliphatic heterocycles. The van der Waals surface area contributed by atoms with Gasteiger partial charge in [0.15, 0.2) is 11.4 Å². The van der Waals surface area contributed by atoms with Crippen molar-refractivity contribution in [3.63, 3.8) is 0 Å². The topological polar surface area (TPSA) is 244 Å². The van der Waals surface area contributed by atoms with Crippen LogP contribution >= 0.6 is 0 Å². The molecule has 8 rings (SSSR count). The highest BCUT2D eigenvalue weighted by Gasteiger charge is 2.43. The Balaban J connectivity index is 0.000000214. The molecule has 4 aromatic rings. The number of hydrogen-bond acceptors (Lipinski definition) is 11. The summed E-state index contributed by atoms with van der Waals surface area (Å²) in [5.41, 5.74) is 13.2. The van der Waals surface area contributed by atoms with Gasteiger partial charge in [-0.05, 0) is 57.2 Å². The number of nitrogens with two attached hydrogens (primary N) is 2. The van der Waals surface area contributed by atoms with Crippen LogP contribution in [0.4, 0.5) is 4.79 Å². The molecule has 6 heterocycles. The van der Waals surface area contributed by atoms with E-state index in [1.165, 1.54) is 14.7 Å². The number of nitrogens with one attached hydrogen (secondary N) is 1. The molecule has 2 atom stereocenters. The van der Waals surface area contributed by atoms with E-state index in [-0.39, 0.29) is 44.1 Å². The Bertz CT molecular complexity index is 2660. The van der Waals surface area contributed by atoms with Crippen molar-refractivity contribution in [2.45, 2.75) is 83.8 Å². The minimum absolute atomic E-state index is 0. The number of fused-ring (bicyclic) bond motifs is 2. The number of primary amides is 2. The highest BCUT2D eigenvalue weighted by atomic mass is 16.6. The second kappa shape index (κ2) is 18.0. The predicted octanol–water partition coefficient (Wildman–Crippen LogP) is 1.41. The maximum atomic E-state index is 12.6. The first-order valence-electron chi connectivity index (χ1n) is 20.5. The lowest BCUT2D eigenvalue weighted by molar-refractivity contribution is -0.138. The second-order valence-corrected chi connectivity index (χ2v) is 17.0. The summed E-state index contributed by atoms with van der Waals surface area (Å²) in [5.74, 6) is 9.19. The van der Waals surface area contributed by atoms with Gasteiger partial charge in [-0.25, -0.2) is 14.2 Å². The third-order valence-corrected chi connectivity index (χ3v) is 11.1. The molecule has 5 amide bonds. The Hall–Kier alpha value is -6.99. The zero-order valence-electron chi connectivity index (χ0n) is 35.8. The maximum Gasteiger partial charge on any atom is 0.410 e. The Kier molecular flexibility index (Phi) is 13.1. The third-order valence-electron chi connectivity index (χ3n) is 11.1. The van der Waals surface area contributed by atoms with E-state index < -0.39 is 40.6 Å². The number of benzene rings is 2. The SMILES string of the molecule is C.CN1CC[C@@](O)(C#Cc2cccc(-n3nc(C(N)=O)c4c3CCN(C(=O)OC(C)(C)C)C4)c2)C1=O.CN1CC[C@@](O)(C#Cc2cccc(-n3nc(C(N)=O)c4c3CCNC4)c2)C1=O. The number of aliphatic hydroxyl groups is 2. The number of likely N-dealkylation sites (tertiary alicyclic amines) is 2. The van der Waals surface area contributed by atoms with Gasteiger partial charge in [0.1, 0.15) is 5.60 Å². The van der Waals surface area contributed by atoms with Crippen molar-refractivity contribution in [3.8, 4) is 35.1 Å². The maximum absolute atomic E-state index is 12.6. The summed E-state index contributed by atoms with van der Waals surface area (Å²) in [6, 6.07) is 14.4. The molecule has 18 heteroatoms. The van der Waals surface area contributed by atoms with Gasteiger partial charge in [-0.15, -0.1) is 0 Å². The van der Waals surface area contributed by atoms with Gasteiger partial charge in [-0.1, -0.05) is 43.2 Å². The largest absolute Gasteiger partial charge is 0.444 e. The zero-order chi connectivity index (χ0) is 45.4. The molecule has 336 valence electrons. The summed E-state index contributed by atoms with van der Waals surface area (Å²) in [4.78, 5) is 65.2. The van der Waals surface area contributed by atoms with Gasteiger partial charge < -0.3 is 46.4 Å². The summed E-state index contributed by atoms with van der Waals surface area (Å²) in [7, 11) is 3.28. The van der Waals surface area contributed by atoms with Crippen molar-refractivity contribution in [1.29, 1.82) is 0 Å². The number of aromatic nitrogens is 4. The van der Waals surface area contributed by atoms with E-state index in [1.807, 2.05) is 24.3 Å². The summed E-state index contributed by atoms with van der Waals surface area (Å²) >= 11 is 0. The van der Waals surface area contributed by atoms with Gasteiger partial charge in [0.05, 0.1) is 29.3 Å². The molecule has 0 aliphatic carbocycles. The fraction of sp³-hybridized carbons (Fsp3) is 0.413. The molecule has 2 saturated heterocycles. The fourth-order valence-electron chi connectivity index (χ4n) is 7.79. The third kappa shape index (κ3) is 9.49. The molecule has 18 nitrogen and oxygen atoms in total. The van der Waals surface area contributed by atoms with Gasteiger partial charge in [0, 0.05) is 94.8 Å². The number of amides is 5. The van der Waals surface area contributed by atoms with Crippen molar-refractivity contribution < 1.29 is 38.9 Å². The van der Waals surface area contributed by atoms with E-state index >= 15 is 0 Å². The standard InChI is InChI=1S/C25H29N5O5.C20H21N5O3.CH4/c1-24(2,3)35-23(33)29-12-9-19-18(15-29)20(21(26)31)27-30(19)17-7-5-6-16(14-17)8-10-25(34)11-13-28(4)22(25)32;1-24-10-8-20(28,19(24)27)7-5-13-3-2-4-14(11-13)25-16-6-9-22-12-15(16)17(23-25)18(21)26;/h5-7,14,34H,9,11-13,15H2,1-4H3,(H2,26,31);2-4,11,22,28H,6,8-10,12H2,1H3,(H2,21,26);1H4/t25-;20-;/m00./s1. The number of likely N-dealkylation sites (N-methyl/N-ethyl adjacent to an activating group) is 2. The fourth-order valence-corrected chi connectivity index (χ4v) is 7.79. The van der Waals surface area contributed by atoms with E-state index in [4.69, 9.17) is 16.2 Å². The molecule has 0 unspecified atom stereocenters. The van der Waals surface area contributed by atoms with E-state index in [0.717, 1.165) is 35.6 Å². The molecule has 0 radical (unpaired) electrons. The Morgan fingerprint density at radius 1 is 0.766 bits per heavy atom. The average Bonchev–Trinajstić information content (AvgIpc) is 3.98. The van der Waals surface area contributed by atoms with Crippen molar-refractivity contribution in [3.05, 3.63) is 93.6 Å². The Labute approximate surface area is 371 Å². The normalized spacial score (nSPS) is 20.1. The molecule has 2 fully saturated rings. The lowest BCUT2D eigenvalue weighted by atomic mass is 10.0. The van der Waals surface area contributed by atoms with Crippen LogP contribution in [0.25, 0.3) is 11.4 Å². The molecule has 0 saturated carbocycles. The molecule has 2 aromatic heterocycles. The Morgan fingerprint density at radius 3 is 1.70 bits per heavy atom. The minimum Gasteiger partial charge on any atom is -0.444 e. The van der Waals surface area contributed by atoms with Gasteiger partial charge in [-0.2, -0.15) is 10.2 Å². The second-order valence-electron chi connectivity index (χ2n) is 17.0. The van der Waals surface area contributed by atoms with Crippen molar-refractivity contribution in [2.75, 3.05) is 40.3 Å². The highest BCUT2D eigenvalue weighted by molar-refractivity contribution is 5.94. The van der Waals surface area contributed by atoms with Gasteiger partial charge in [0.25, 0.3) is 23.6 Å².